The number of anilines is 1. The minimum atomic E-state index is 0.0316. The number of hydrogen-bond acceptors (Lipinski definition) is 5. The predicted octanol–water partition coefficient (Wildman–Crippen LogP) is 0.829. The average Bonchev–Trinajstić information content (AvgIpc) is 3.11. The molecule has 0 spiro atoms. The van der Waals surface area contributed by atoms with Gasteiger partial charge in [-0.1, -0.05) is 0 Å². The third kappa shape index (κ3) is 2.08. The molecular formula is C11H13N5OS. The van der Waals surface area contributed by atoms with Crippen LogP contribution in [0.5, 0.6) is 0 Å². The number of carbonyl (C=O) groups excluding carboxylic acids is 1. The maximum atomic E-state index is 12.1. The van der Waals surface area contributed by atoms with Crippen molar-refractivity contribution in [1.29, 1.82) is 0 Å². The molecule has 6 nitrogen and oxygen atoms in total. The Labute approximate surface area is 108 Å². The van der Waals surface area contributed by atoms with Gasteiger partial charge < -0.3 is 14.8 Å². The quantitative estimate of drug-likeness (QED) is 0.871. The van der Waals surface area contributed by atoms with Gasteiger partial charge in [0.05, 0.1) is 0 Å². The number of nitrogens with one attached hydrogen (secondary N) is 1. The zero-order chi connectivity index (χ0) is 12.4. The van der Waals surface area contributed by atoms with E-state index >= 15 is 0 Å². The molecule has 94 valence electrons. The number of hydrogen-bond donors (Lipinski definition) is 1. The summed E-state index contributed by atoms with van der Waals surface area (Å²) in [7, 11) is 0. The minimum absolute atomic E-state index is 0.0316. The molecule has 1 aliphatic rings. The van der Waals surface area contributed by atoms with E-state index in [9.17, 15) is 4.79 Å². The number of aromatic amines is 1. The van der Waals surface area contributed by atoms with E-state index in [1.165, 1.54) is 11.3 Å². The Morgan fingerprint density at radius 3 is 2.67 bits per heavy atom. The van der Waals surface area contributed by atoms with Crippen LogP contribution in [0.3, 0.4) is 0 Å². The Kier molecular flexibility index (Phi) is 2.97. The predicted molar refractivity (Wildman–Crippen MR) is 68.8 cm³/mol. The van der Waals surface area contributed by atoms with Crippen LogP contribution >= 0.6 is 11.3 Å². The average molecular weight is 263 g/mol. The summed E-state index contributed by atoms with van der Waals surface area (Å²) in [6.45, 7) is 3.01. The summed E-state index contributed by atoms with van der Waals surface area (Å²) in [5.41, 5.74) is 0. The lowest BCUT2D eigenvalue weighted by atomic mass is 10.3. The van der Waals surface area contributed by atoms with Gasteiger partial charge in [0.15, 0.2) is 5.01 Å². The van der Waals surface area contributed by atoms with E-state index in [0.29, 0.717) is 18.1 Å². The summed E-state index contributed by atoms with van der Waals surface area (Å²) in [5.74, 6) is 0.903. The maximum Gasteiger partial charge on any atom is 0.282 e. The van der Waals surface area contributed by atoms with E-state index in [4.69, 9.17) is 0 Å². The SMILES string of the molecule is O=C(c1nccs1)N1CCN(c2ncc[nH]2)CC1. The standard InChI is InChI=1S/C11H13N5OS/c17-10(9-12-3-8-18-9)15-4-6-16(7-5-15)11-13-1-2-14-11/h1-3,8H,4-7H2,(H,13,14). The van der Waals surface area contributed by atoms with Gasteiger partial charge in [-0.05, 0) is 0 Å². The summed E-state index contributed by atoms with van der Waals surface area (Å²) >= 11 is 1.39. The first-order chi connectivity index (χ1) is 8.84. The van der Waals surface area contributed by atoms with Crippen molar-refractivity contribution in [2.75, 3.05) is 31.1 Å². The number of rotatable bonds is 2. The lowest BCUT2D eigenvalue weighted by Gasteiger charge is -2.34. The van der Waals surface area contributed by atoms with Crippen LogP contribution in [0.1, 0.15) is 9.80 Å². The third-order valence-corrected chi connectivity index (χ3v) is 3.73. The molecule has 1 aliphatic heterocycles. The smallest absolute Gasteiger partial charge is 0.282 e. The van der Waals surface area contributed by atoms with Crippen LogP contribution < -0.4 is 4.90 Å². The Balaban J connectivity index is 1.62. The lowest BCUT2D eigenvalue weighted by Crippen LogP contribution is -2.49. The van der Waals surface area contributed by atoms with Crippen LogP contribution in [-0.2, 0) is 0 Å². The monoisotopic (exact) mass is 263 g/mol. The molecule has 0 radical (unpaired) electrons. The molecule has 1 saturated heterocycles. The molecule has 2 aromatic rings. The van der Waals surface area contributed by atoms with Gasteiger partial charge >= 0.3 is 0 Å². The molecule has 0 aliphatic carbocycles. The van der Waals surface area contributed by atoms with E-state index in [1.54, 1.807) is 12.4 Å². The normalized spacial score (nSPS) is 16.0. The summed E-state index contributed by atoms with van der Waals surface area (Å²) < 4.78 is 0. The van der Waals surface area contributed by atoms with Crippen molar-refractivity contribution in [1.82, 2.24) is 19.9 Å². The van der Waals surface area contributed by atoms with Crippen LogP contribution in [0.2, 0.25) is 0 Å². The number of H-pyrrole nitrogens is 1. The first-order valence-electron chi connectivity index (χ1n) is 5.78. The van der Waals surface area contributed by atoms with Crippen molar-refractivity contribution in [3.63, 3.8) is 0 Å². The van der Waals surface area contributed by atoms with Gasteiger partial charge in [-0.2, -0.15) is 0 Å². The highest BCUT2D eigenvalue weighted by Gasteiger charge is 2.24. The van der Waals surface area contributed by atoms with Gasteiger partial charge in [-0.15, -0.1) is 11.3 Å². The molecule has 1 N–H and O–H groups in total. The Morgan fingerprint density at radius 1 is 1.22 bits per heavy atom. The number of imidazole rings is 1. The molecule has 1 amide bonds. The summed E-state index contributed by atoms with van der Waals surface area (Å²) in [6, 6.07) is 0. The summed E-state index contributed by atoms with van der Waals surface area (Å²) in [6.07, 6.45) is 5.21. The molecule has 0 unspecified atom stereocenters. The number of piperazine rings is 1. The molecule has 3 rings (SSSR count). The molecule has 3 heterocycles. The Morgan fingerprint density at radius 2 is 2.06 bits per heavy atom. The second kappa shape index (κ2) is 4.77. The van der Waals surface area contributed by atoms with E-state index < -0.39 is 0 Å². The fourth-order valence-electron chi connectivity index (χ4n) is 2.02. The number of carbonyl (C=O) groups is 1. The van der Waals surface area contributed by atoms with Crippen LogP contribution in [0, 0.1) is 0 Å². The third-order valence-electron chi connectivity index (χ3n) is 2.97. The zero-order valence-corrected chi connectivity index (χ0v) is 10.6. The fourth-order valence-corrected chi connectivity index (χ4v) is 2.62. The molecule has 0 aromatic carbocycles. The molecule has 7 heteroatoms. The zero-order valence-electron chi connectivity index (χ0n) is 9.74. The van der Waals surface area contributed by atoms with Crippen molar-refractivity contribution in [3.8, 4) is 0 Å². The topological polar surface area (TPSA) is 65.1 Å². The second-order valence-corrected chi connectivity index (χ2v) is 4.92. The van der Waals surface area contributed by atoms with Crippen molar-refractivity contribution in [2.45, 2.75) is 0 Å². The molecule has 2 aromatic heterocycles. The number of amides is 1. The van der Waals surface area contributed by atoms with E-state index in [-0.39, 0.29) is 5.91 Å². The highest BCUT2D eigenvalue weighted by Crippen LogP contribution is 2.13. The molecule has 0 atom stereocenters. The number of aromatic nitrogens is 3. The Hall–Kier alpha value is -1.89. The van der Waals surface area contributed by atoms with Gasteiger partial charge in [-0.3, -0.25) is 4.79 Å². The summed E-state index contributed by atoms with van der Waals surface area (Å²) in [4.78, 5) is 27.4. The first kappa shape index (κ1) is 11.2. The van der Waals surface area contributed by atoms with Gasteiger partial charge in [-0.25, -0.2) is 9.97 Å². The summed E-state index contributed by atoms with van der Waals surface area (Å²) in [5, 5.41) is 2.40. The molecule has 1 fully saturated rings. The maximum absolute atomic E-state index is 12.1. The Bertz CT molecular complexity index is 502. The van der Waals surface area contributed by atoms with Crippen LogP contribution in [0.4, 0.5) is 5.95 Å². The van der Waals surface area contributed by atoms with Gasteiger partial charge in [0.25, 0.3) is 5.91 Å². The molecule has 0 bridgehead atoms. The number of nitrogens with zero attached hydrogens (tertiary/aromatic N) is 4. The molecule has 0 saturated carbocycles. The van der Waals surface area contributed by atoms with Crippen molar-refractivity contribution in [2.24, 2.45) is 0 Å². The second-order valence-electron chi connectivity index (χ2n) is 4.03. The highest BCUT2D eigenvalue weighted by molar-refractivity contribution is 7.11. The van der Waals surface area contributed by atoms with Crippen molar-refractivity contribution in [3.05, 3.63) is 29.0 Å². The van der Waals surface area contributed by atoms with Gasteiger partial charge in [0.2, 0.25) is 5.95 Å². The van der Waals surface area contributed by atoms with Gasteiger partial charge in [0.1, 0.15) is 0 Å². The minimum Gasteiger partial charge on any atom is -0.339 e. The van der Waals surface area contributed by atoms with Crippen molar-refractivity contribution >= 4 is 23.2 Å². The molecule has 18 heavy (non-hydrogen) atoms. The van der Waals surface area contributed by atoms with Crippen molar-refractivity contribution < 1.29 is 4.79 Å². The van der Waals surface area contributed by atoms with Crippen LogP contribution in [0.25, 0.3) is 0 Å². The lowest BCUT2D eigenvalue weighted by molar-refractivity contribution is 0.0746. The van der Waals surface area contributed by atoms with Crippen LogP contribution in [0.15, 0.2) is 24.0 Å². The first-order valence-corrected chi connectivity index (χ1v) is 6.65. The van der Waals surface area contributed by atoms with Crippen LogP contribution in [-0.4, -0.2) is 51.9 Å². The van der Waals surface area contributed by atoms with E-state index in [1.807, 2.05) is 16.5 Å². The van der Waals surface area contributed by atoms with E-state index in [2.05, 4.69) is 19.9 Å². The highest BCUT2D eigenvalue weighted by atomic mass is 32.1. The molecular weight excluding hydrogens is 250 g/mol. The van der Waals surface area contributed by atoms with E-state index in [0.717, 1.165) is 19.0 Å². The van der Waals surface area contributed by atoms with Gasteiger partial charge in [0, 0.05) is 50.1 Å². The fraction of sp³-hybridized carbons (Fsp3) is 0.364. The number of thiazole rings is 1. The largest absolute Gasteiger partial charge is 0.339 e.